The van der Waals surface area contributed by atoms with Crippen molar-refractivity contribution in [3.8, 4) is 0 Å². The van der Waals surface area contributed by atoms with Crippen LogP contribution in [-0.2, 0) is 25.0 Å². The Kier molecular flexibility index (Phi) is 7.38. The summed E-state index contributed by atoms with van der Waals surface area (Å²) in [6.45, 7) is 0. The van der Waals surface area contributed by atoms with Crippen LogP contribution in [0.1, 0.15) is 15.9 Å². The molecule has 1 aliphatic rings. The van der Waals surface area contributed by atoms with Crippen molar-refractivity contribution in [3.63, 3.8) is 0 Å². The fraction of sp³-hybridized carbons (Fsp3) is 0. The molecule has 1 aliphatic carbocycles. The van der Waals surface area contributed by atoms with Gasteiger partial charge in [0.1, 0.15) is 25.1 Å². The summed E-state index contributed by atoms with van der Waals surface area (Å²) in [5.41, 5.74) is -0.573. The topological polar surface area (TPSA) is 149 Å². The van der Waals surface area contributed by atoms with E-state index in [1.54, 1.807) is 0 Å². The van der Waals surface area contributed by atoms with Crippen molar-refractivity contribution < 1.29 is 94.6 Å². The van der Waals surface area contributed by atoms with E-state index in [2.05, 4.69) is 0 Å². The molecule has 12 heteroatoms. The van der Waals surface area contributed by atoms with Gasteiger partial charge in [0.2, 0.25) is 11.6 Å². The molecule has 22 heavy (non-hydrogen) atoms. The van der Waals surface area contributed by atoms with Crippen molar-refractivity contribution in [2.45, 2.75) is 4.90 Å². The van der Waals surface area contributed by atoms with Gasteiger partial charge in [0.25, 0.3) is 0 Å². The molecule has 0 aromatic heterocycles. The molecule has 106 valence electrons. The summed E-state index contributed by atoms with van der Waals surface area (Å²) >= 11 is 0. The third kappa shape index (κ3) is 4.35. The monoisotopic (exact) mass is 362 g/mol. The molecule has 0 atom stereocenters. The summed E-state index contributed by atoms with van der Waals surface area (Å²) in [4.78, 5) is 21.1. The van der Waals surface area contributed by atoms with Gasteiger partial charge in [0, 0.05) is 5.56 Å². The molecule has 0 spiro atoms. The molecular formula is C10H4Na2O8S2. The van der Waals surface area contributed by atoms with Crippen molar-refractivity contribution in [3.05, 3.63) is 34.2 Å². The summed E-state index contributed by atoms with van der Waals surface area (Å²) < 4.78 is 65.1. The predicted molar refractivity (Wildman–Crippen MR) is 61.4 cm³/mol. The molecule has 0 bridgehead atoms. The molecule has 1 aromatic rings. The molecule has 0 N–H and O–H groups in total. The number of benzene rings is 1. The van der Waals surface area contributed by atoms with Crippen LogP contribution in [0.25, 0.3) is 6.08 Å². The Bertz CT molecular complexity index is 884. The standard InChI is InChI=1S/C10H6O8S2.2Na/c11-9-7-2-1-6(19(13,14)15)3-5(7)4-8(10(9)12)20(16,17)18;;/h1-4H,(H,13,14,15)(H,16,17,18);;/q;2*+1/p-2. The van der Waals surface area contributed by atoms with Crippen LogP contribution in [0.3, 0.4) is 0 Å². The average molecular weight is 362 g/mol. The molecule has 0 unspecified atom stereocenters. The van der Waals surface area contributed by atoms with Crippen LogP contribution in [0.4, 0.5) is 0 Å². The zero-order valence-corrected chi connectivity index (χ0v) is 17.0. The van der Waals surface area contributed by atoms with Gasteiger partial charge in [-0.15, -0.1) is 0 Å². The summed E-state index contributed by atoms with van der Waals surface area (Å²) in [7, 11) is -10.0. The second-order valence-corrected chi connectivity index (χ2v) is 6.55. The van der Waals surface area contributed by atoms with Crippen molar-refractivity contribution in [1.29, 1.82) is 0 Å². The Hall–Kier alpha value is 0.120. The van der Waals surface area contributed by atoms with Crippen LogP contribution in [0.5, 0.6) is 0 Å². The van der Waals surface area contributed by atoms with Crippen LogP contribution in [-0.4, -0.2) is 37.5 Å². The molecule has 1 aromatic carbocycles. The van der Waals surface area contributed by atoms with E-state index in [1.807, 2.05) is 0 Å². The van der Waals surface area contributed by atoms with Crippen LogP contribution >= 0.6 is 0 Å². The van der Waals surface area contributed by atoms with E-state index in [0.29, 0.717) is 6.08 Å². The van der Waals surface area contributed by atoms with Gasteiger partial charge < -0.3 is 9.11 Å². The molecule has 0 heterocycles. The van der Waals surface area contributed by atoms with Crippen LogP contribution in [0.2, 0.25) is 0 Å². The van der Waals surface area contributed by atoms with E-state index in [1.165, 1.54) is 0 Å². The molecular weight excluding hydrogens is 358 g/mol. The average Bonchev–Trinajstić information content (AvgIpc) is 2.30. The number of rotatable bonds is 2. The summed E-state index contributed by atoms with van der Waals surface area (Å²) in [5.74, 6) is -2.75. The molecule has 2 rings (SSSR count). The SMILES string of the molecule is O=C1C(=O)c2ccc(S(=O)(=O)[O-])cc2C=C1S(=O)(=O)[O-].[Na+].[Na+]. The molecule has 0 fully saturated rings. The summed E-state index contributed by atoms with van der Waals surface area (Å²) in [5, 5.41) is 0. The first-order valence-electron chi connectivity index (χ1n) is 4.88. The molecule has 0 aliphatic heterocycles. The minimum atomic E-state index is -5.19. The van der Waals surface area contributed by atoms with Crippen LogP contribution in [0, 0.1) is 0 Å². The maximum absolute atomic E-state index is 11.6. The number of Topliss-reactive ketones (excluding diaryl/α,β-unsaturated/α-hetero) is 2. The van der Waals surface area contributed by atoms with Crippen molar-refractivity contribution >= 4 is 37.9 Å². The zero-order valence-electron chi connectivity index (χ0n) is 11.4. The largest absolute Gasteiger partial charge is 1.00 e. The minimum Gasteiger partial charge on any atom is -0.744 e. The third-order valence-corrected chi connectivity index (χ3v) is 4.22. The van der Waals surface area contributed by atoms with Gasteiger partial charge in [-0.1, -0.05) is 0 Å². The van der Waals surface area contributed by atoms with E-state index in [0.717, 1.165) is 18.2 Å². The van der Waals surface area contributed by atoms with E-state index < -0.39 is 41.6 Å². The fourth-order valence-electron chi connectivity index (χ4n) is 1.65. The van der Waals surface area contributed by atoms with Gasteiger partial charge in [-0.2, -0.15) is 0 Å². The smallest absolute Gasteiger partial charge is 0.744 e. The fourth-order valence-corrected chi connectivity index (χ4v) is 2.75. The Morgan fingerprint density at radius 3 is 1.82 bits per heavy atom. The third-order valence-electron chi connectivity index (χ3n) is 2.54. The summed E-state index contributed by atoms with van der Waals surface area (Å²) in [6, 6.07) is 2.45. The van der Waals surface area contributed by atoms with Gasteiger partial charge >= 0.3 is 59.1 Å². The Morgan fingerprint density at radius 1 is 0.818 bits per heavy atom. The van der Waals surface area contributed by atoms with E-state index in [-0.39, 0.29) is 70.2 Å². The second kappa shape index (κ2) is 7.34. The van der Waals surface area contributed by atoms with E-state index >= 15 is 0 Å². The molecule has 0 saturated heterocycles. The van der Waals surface area contributed by atoms with Crippen LogP contribution < -0.4 is 59.1 Å². The number of allylic oxidation sites excluding steroid dienone is 1. The van der Waals surface area contributed by atoms with Gasteiger partial charge in [-0.25, -0.2) is 16.8 Å². The van der Waals surface area contributed by atoms with Gasteiger partial charge in [-0.3, -0.25) is 9.59 Å². The number of carbonyl (C=O) groups excluding carboxylic acids is 2. The second-order valence-electron chi connectivity index (χ2n) is 3.82. The Morgan fingerprint density at radius 2 is 1.36 bits per heavy atom. The van der Waals surface area contributed by atoms with Crippen molar-refractivity contribution in [2.24, 2.45) is 0 Å². The Labute approximate surface area is 170 Å². The van der Waals surface area contributed by atoms with E-state index in [9.17, 15) is 35.5 Å². The first-order chi connectivity index (χ1) is 9.01. The van der Waals surface area contributed by atoms with Gasteiger partial charge in [-0.05, 0) is 29.8 Å². The predicted octanol–water partition coefficient (Wildman–Crippen LogP) is -6.75. The number of hydrogen-bond acceptors (Lipinski definition) is 8. The van der Waals surface area contributed by atoms with Gasteiger partial charge in [0.15, 0.2) is 0 Å². The first kappa shape index (κ1) is 22.1. The van der Waals surface area contributed by atoms with Crippen LogP contribution in [0.15, 0.2) is 28.0 Å². The first-order valence-corrected chi connectivity index (χ1v) is 7.70. The quantitative estimate of drug-likeness (QED) is 0.286. The number of carbonyl (C=O) groups is 2. The molecule has 8 nitrogen and oxygen atoms in total. The van der Waals surface area contributed by atoms with Crippen molar-refractivity contribution in [1.82, 2.24) is 0 Å². The maximum atomic E-state index is 11.6. The molecule has 0 saturated carbocycles. The maximum Gasteiger partial charge on any atom is 1.00 e. The van der Waals surface area contributed by atoms with Gasteiger partial charge in [0.05, 0.1) is 4.90 Å². The minimum absolute atomic E-state index is 0. The molecule has 0 amide bonds. The number of ketones is 2. The summed E-state index contributed by atoms with van der Waals surface area (Å²) in [6.07, 6.45) is 0.579. The zero-order chi connectivity index (χ0) is 15.3. The number of fused-ring (bicyclic) bond motifs is 1. The Balaban J connectivity index is 0.00000220. The van der Waals surface area contributed by atoms with Crippen molar-refractivity contribution in [2.75, 3.05) is 0 Å². The molecule has 0 radical (unpaired) electrons. The number of hydrogen-bond donors (Lipinski definition) is 0. The van der Waals surface area contributed by atoms with E-state index in [4.69, 9.17) is 0 Å². The normalized spacial score (nSPS) is 14.4.